The minimum Gasteiger partial charge on any atom is -0.399 e. The first-order valence-corrected chi connectivity index (χ1v) is 8.46. The highest BCUT2D eigenvalue weighted by molar-refractivity contribution is 5.79. The van der Waals surface area contributed by atoms with Gasteiger partial charge in [0.2, 0.25) is 5.91 Å². The number of rotatable bonds is 6. The summed E-state index contributed by atoms with van der Waals surface area (Å²) in [7, 11) is 0. The molecule has 1 heterocycles. The first-order chi connectivity index (χ1) is 10.6. The van der Waals surface area contributed by atoms with E-state index in [0.29, 0.717) is 6.42 Å². The van der Waals surface area contributed by atoms with Gasteiger partial charge in [-0.05, 0) is 49.5 Å². The molecule has 22 heavy (non-hydrogen) atoms. The summed E-state index contributed by atoms with van der Waals surface area (Å²) in [6.45, 7) is 9.65. The second-order valence-electron chi connectivity index (χ2n) is 6.23. The van der Waals surface area contributed by atoms with Gasteiger partial charge in [0.15, 0.2) is 0 Å². The van der Waals surface area contributed by atoms with Crippen LogP contribution < -0.4 is 5.73 Å². The van der Waals surface area contributed by atoms with Gasteiger partial charge in [-0.15, -0.1) is 0 Å². The van der Waals surface area contributed by atoms with Crippen LogP contribution in [0.25, 0.3) is 0 Å². The average Bonchev–Trinajstić information content (AvgIpc) is 2.55. The minimum absolute atomic E-state index is 0.242. The van der Waals surface area contributed by atoms with E-state index in [1.165, 1.54) is 6.54 Å². The molecule has 1 saturated heterocycles. The molecule has 0 spiro atoms. The predicted octanol–water partition coefficient (Wildman–Crippen LogP) is 2.39. The number of nitrogens with zero attached hydrogens (tertiary/aromatic N) is 2. The number of nitrogen functional groups attached to an aromatic ring is 1. The van der Waals surface area contributed by atoms with Crippen LogP contribution in [0, 0.1) is 5.92 Å². The Morgan fingerprint density at radius 3 is 2.32 bits per heavy atom. The Hall–Kier alpha value is -1.55. The van der Waals surface area contributed by atoms with Gasteiger partial charge in [0, 0.05) is 25.3 Å². The van der Waals surface area contributed by atoms with Crippen LogP contribution in [0.3, 0.4) is 0 Å². The van der Waals surface area contributed by atoms with Crippen molar-refractivity contribution in [3.05, 3.63) is 29.8 Å². The van der Waals surface area contributed by atoms with Crippen molar-refractivity contribution in [1.82, 2.24) is 9.80 Å². The van der Waals surface area contributed by atoms with Gasteiger partial charge in [-0.25, -0.2) is 0 Å². The number of hydrogen-bond donors (Lipinski definition) is 1. The van der Waals surface area contributed by atoms with Gasteiger partial charge < -0.3 is 15.5 Å². The number of carbonyl (C=O) groups excluding carboxylic acids is 1. The Balaban J connectivity index is 1.78. The first-order valence-electron chi connectivity index (χ1n) is 8.46. The van der Waals surface area contributed by atoms with Gasteiger partial charge in [0.25, 0.3) is 0 Å². The molecule has 1 aliphatic rings. The largest absolute Gasteiger partial charge is 0.399 e. The number of nitrogens with two attached hydrogens (primary N) is 1. The van der Waals surface area contributed by atoms with Crippen molar-refractivity contribution in [1.29, 1.82) is 0 Å². The van der Waals surface area contributed by atoms with Crippen LogP contribution in [0.15, 0.2) is 24.3 Å². The second-order valence-corrected chi connectivity index (χ2v) is 6.23. The fourth-order valence-electron chi connectivity index (χ4n) is 3.13. The lowest BCUT2D eigenvalue weighted by Gasteiger charge is -2.34. The summed E-state index contributed by atoms with van der Waals surface area (Å²) in [5, 5.41) is 0. The highest BCUT2D eigenvalue weighted by Gasteiger charge is 2.23. The fourth-order valence-corrected chi connectivity index (χ4v) is 3.13. The first kappa shape index (κ1) is 16.8. The molecule has 1 aromatic carbocycles. The van der Waals surface area contributed by atoms with E-state index >= 15 is 0 Å². The van der Waals surface area contributed by atoms with Crippen LogP contribution in [0.1, 0.15) is 32.3 Å². The van der Waals surface area contributed by atoms with Crippen molar-refractivity contribution >= 4 is 11.6 Å². The SMILES string of the molecule is CCN(CC)CC1CCN(C(=O)Cc2ccc(N)cc2)CC1. The number of likely N-dealkylation sites (tertiary alicyclic amines) is 1. The Labute approximate surface area is 134 Å². The molecule has 1 fully saturated rings. The summed E-state index contributed by atoms with van der Waals surface area (Å²) in [5.74, 6) is 0.978. The molecule has 122 valence electrons. The maximum atomic E-state index is 12.4. The monoisotopic (exact) mass is 303 g/mol. The molecule has 1 amide bonds. The van der Waals surface area contributed by atoms with Crippen LogP contribution in [0.2, 0.25) is 0 Å². The average molecular weight is 303 g/mol. The van der Waals surface area contributed by atoms with E-state index in [4.69, 9.17) is 5.73 Å². The van der Waals surface area contributed by atoms with E-state index in [0.717, 1.165) is 56.2 Å². The summed E-state index contributed by atoms with van der Waals surface area (Å²) < 4.78 is 0. The summed E-state index contributed by atoms with van der Waals surface area (Å²) >= 11 is 0. The summed E-state index contributed by atoms with van der Waals surface area (Å²) in [6, 6.07) is 7.61. The van der Waals surface area contributed by atoms with Gasteiger partial charge >= 0.3 is 0 Å². The maximum Gasteiger partial charge on any atom is 0.226 e. The van der Waals surface area contributed by atoms with Crippen LogP contribution in [-0.2, 0) is 11.2 Å². The summed E-state index contributed by atoms with van der Waals surface area (Å²) in [6.07, 6.45) is 2.74. The molecule has 0 aromatic heterocycles. The molecule has 4 heteroatoms. The quantitative estimate of drug-likeness (QED) is 0.821. The van der Waals surface area contributed by atoms with Gasteiger partial charge in [-0.2, -0.15) is 0 Å². The molecular weight excluding hydrogens is 274 g/mol. The third-order valence-electron chi connectivity index (χ3n) is 4.71. The summed E-state index contributed by atoms with van der Waals surface area (Å²) in [4.78, 5) is 16.9. The second kappa shape index (κ2) is 8.18. The minimum atomic E-state index is 0.242. The third-order valence-corrected chi connectivity index (χ3v) is 4.71. The molecule has 0 aliphatic carbocycles. The van der Waals surface area contributed by atoms with Gasteiger partial charge in [0.1, 0.15) is 0 Å². The Kier molecular flexibility index (Phi) is 6.25. The maximum absolute atomic E-state index is 12.4. The highest BCUT2D eigenvalue weighted by Crippen LogP contribution is 2.19. The molecule has 0 bridgehead atoms. The molecule has 2 rings (SSSR count). The lowest BCUT2D eigenvalue weighted by atomic mass is 9.95. The van der Waals surface area contributed by atoms with Crippen LogP contribution in [0.4, 0.5) is 5.69 Å². The number of benzene rings is 1. The van der Waals surface area contributed by atoms with E-state index < -0.39 is 0 Å². The van der Waals surface area contributed by atoms with Crippen molar-refractivity contribution in [3.8, 4) is 0 Å². The molecular formula is C18H29N3O. The zero-order chi connectivity index (χ0) is 15.9. The fraction of sp³-hybridized carbons (Fsp3) is 0.611. The Morgan fingerprint density at radius 1 is 1.18 bits per heavy atom. The number of hydrogen-bond acceptors (Lipinski definition) is 3. The number of carbonyl (C=O) groups is 1. The zero-order valence-corrected chi connectivity index (χ0v) is 13.9. The standard InChI is InChI=1S/C18H29N3O/c1-3-20(4-2)14-16-9-11-21(12-10-16)18(22)13-15-5-7-17(19)8-6-15/h5-8,16H,3-4,9-14,19H2,1-2H3. The molecule has 1 aromatic rings. The zero-order valence-electron chi connectivity index (χ0n) is 13.9. The van der Waals surface area contributed by atoms with E-state index in [-0.39, 0.29) is 5.91 Å². The van der Waals surface area contributed by atoms with Gasteiger partial charge in [-0.3, -0.25) is 4.79 Å². The number of amides is 1. The topological polar surface area (TPSA) is 49.6 Å². The Morgan fingerprint density at radius 2 is 1.77 bits per heavy atom. The van der Waals surface area contributed by atoms with Gasteiger partial charge in [-0.1, -0.05) is 26.0 Å². The normalized spacial score (nSPS) is 16.2. The van der Waals surface area contributed by atoms with E-state index in [9.17, 15) is 4.79 Å². The molecule has 1 aliphatic heterocycles. The molecule has 4 nitrogen and oxygen atoms in total. The van der Waals surface area contributed by atoms with Crippen molar-refractivity contribution in [2.24, 2.45) is 5.92 Å². The highest BCUT2D eigenvalue weighted by atomic mass is 16.2. The number of piperidine rings is 1. The van der Waals surface area contributed by atoms with E-state index in [2.05, 4.69) is 18.7 Å². The molecule has 2 N–H and O–H groups in total. The Bertz CT molecular complexity index is 460. The summed E-state index contributed by atoms with van der Waals surface area (Å²) in [5.41, 5.74) is 7.47. The lowest BCUT2D eigenvalue weighted by molar-refractivity contribution is -0.131. The van der Waals surface area contributed by atoms with Crippen molar-refractivity contribution < 1.29 is 4.79 Å². The molecule has 0 unspecified atom stereocenters. The van der Waals surface area contributed by atoms with Gasteiger partial charge in [0.05, 0.1) is 6.42 Å². The number of anilines is 1. The van der Waals surface area contributed by atoms with Crippen molar-refractivity contribution in [2.75, 3.05) is 38.5 Å². The van der Waals surface area contributed by atoms with E-state index in [1.807, 2.05) is 29.2 Å². The predicted molar refractivity (Wildman–Crippen MR) is 91.7 cm³/mol. The smallest absolute Gasteiger partial charge is 0.226 e. The van der Waals surface area contributed by atoms with E-state index in [1.54, 1.807) is 0 Å². The van der Waals surface area contributed by atoms with Crippen molar-refractivity contribution in [3.63, 3.8) is 0 Å². The third kappa shape index (κ3) is 4.73. The van der Waals surface area contributed by atoms with Crippen LogP contribution in [-0.4, -0.2) is 48.4 Å². The van der Waals surface area contributed by atoms with Crippen molar-refractivity contribution in [2.45, 2.75) is 33.1 Å². The lowest BCUT2D eigenvalue weighted by Crippen LogP contribution is -2.42. The van der Waals surface area contributed by atoms with Crippen LogP contribution in [0.5, 0.6) is 0 Å². The molecule has 0 radical (unpaired) electrons. The molecule has 0 saturated carbocycles. The molecule has 0 atom stereocenters. The van der Waals surface area contributed by atoms with Crippen LogP contribution >= 0.6 is 0 Å².